The van der Waals surface area contributed by atoms with Crippen LogP contribution in [0.5, 0.6) is 5.75 Å². The van der Waals surface area contributed by atoms with E-state index in [0.29, 0.717) is 16.9 Å². The standard InChI is InChI=1S/C17H16O5/c1-12-6-5-9-14(16(18)19)15(12)21-10-11-22-17(20)13-7-3-2-4-8-13/h2-9H,10-11H2,1H3,(H,18,19). The van der Waals surface area contributed by atoms with Gasteiger partial charge in [0, 0.05) is 0 Å². The Labute approximate surface area is 128 Å². The number of carbonyl (C=O) groups excluding carboxylic acids is 1. The van der Waals surface area contributed by atoms with Gasteiger partial charge >= 0.3 is 11.9 Å². The Morgan fingerprint density at radius 2 is 1.73 bits per heavy atom. The largest absolute Gasteiger partial charge is 0.489 e. The summed E-state index contributed by atoms with van der Waals surface area (Å²) in [6.45, 7) is 1.89. The van der Waals surface area contributed by atoms with E-state index in [-0.39, 0.29) is 18.8 Å². The molecular formula is C17H16O5. The van der Waals surface area contributed by atoms with Crippen LogP contribution in [0.2, 0.25) is 0 Å². The lowest BCUT2D eigenvalue weighted by Crippen LogP contribution is -2.14. The van der Waals surface area contributed by atoms with Crippen molar-refractivity contribution < 1.29 is 24.2 Å². The highest BCUT2D eigenvalue weighted by molar-refractivity contribution is 5.91. The lowest BCUT2D eigenvalue weighted by Gasteiger charge is -2.12. The van der Waals surface area contributed by atoms with Crippen LogP contribution < -0.4 is 4.74 Å². The quantitative estimate of drug-likeness (QED) is 0.656. The molecule has 2 rings (SSSR count). The highest BCUT2D eigenvalue weighted by atomic mass is 16.6. The van der Waals surface area contributed by atoms with E-state index in [0.717, 1.165) is 0 Å². The summed E-state index contributed by atoms with van der Waals surface area (Å²) in [6, 6.07) is 13.5. The van der Waals surface area contributed by atoms with Crippen LogP contribution in [-0.2, 0) is 4.74 Å². The summed E-state index contributed by atoms with van der Waals surface area (Å²) in [4.78, 5) is 22.9. The molecule has 5 nitrogen and oxygen atoms in total. The second kappa shape index (κ2) is 7.26. The van der Waals surface area contributed by atoms with Crippen LogP contribution in [-0.4, -0.2) is 30.3 Å². The van der Waals surface area contributed by atoms with Gasteiger partial charge in [-0.15, -0.1) is 0 Å². The third-order valence-electron chi connectivity index (χ3n) is 3.01. The normalized spacial score (nSPS) is 10.0. The van der Waals surface area contributed by atoms with Gasteiger partial charge < -0.3 is 14.6 Å². The number of esters is 1. The number of benzene rings is 2. The first kappa shape index (κ1) is 15.6. The Bertz CT molecular complexity index is 664. The van der Waals surface area contributed by atoms with Gasteiger partial charge in [0.2, 0.25) is 0 Å². The van der Waals surface area contributed by atoms with Crippen LogP contribution in [0.1, 0.15) is 26.3 Å². The van der Waals surface area contributed by atoms with E-state index in [4.69, 9.17) is 14.6 Å². The van der Waals surface area contributed by atoms with Crippen LogP contribution in [0.25, 0.3) is 0 Å². The average Bonchev–Trinajstić information content (AvgIpc) is 2.53. The summed E-state index contributed by atoms with van der Waals surface area (Å²) >= 11 is 0. The Morgan fingerprint density at radius 1 is 1.00 bits per heavy atom. The van der Waals surface area contributed by atoms with Crippen molar-refractivity contribution in [3.63, 3.8) is 0 Å². The van der Waals surface area contributed by atoms with Crippen LogP contribution in [0.3, 0.4) is 0 Å². The van der Waals surface area contributed by atoms with Crippen molar-refractivity contribution in [2.45, 2.75) is 6.92 Å². The Morgan fingerprint density at radius 3 is 2.41 bits per heavy atom. The van der Waals surface area contributed by atoms with Gasteiger partial charge in [0.1, 0.15) is 24.5 Å². The minimum Gasteiger partial charge on any atom is -0.489 e. The van der Waals surface area contributed by atoms with Gasteiger partial charge in [-0.1, -0.05) is 30.3 Å². The number of hydrogen-bond acceptors (Lipinski definition) is 4. The summed E-state index contributed by atoms with van der Waals surface area (Å²) in [7, 11) is 0. The lowest BCUT2D eigenvalue weighted by atomic mass is 10.1. The van der Waals surface area contributed by atoms with Gasteiger partial charge in [-0.05, 0) is 30.7 Å². The Hall–Kier alpha value is -2.82. The highest BCUT2D eigenvalue weighted by Gasteiger charge is 2.13. The number of carboxylic acid groups (broad SMARTS) is 1. The van der Waals surface area contributed by atoms with Crippen molar-refractivity contribution in [2.24, 2.45) is 0 Å². The molecule has 0 heterocycles. The third kappa shape index (κ3) is 3.85. The number of aromatic carboxylic acids is 1. The molecule has 0 aliphatic rings. The fourth-order valence-corrected chi connectivity index (χ4v) is 1.95. The number of para-hydroxylation sites is 1. The Balaban J connectivity index is 1.90. The zero-order valence-corrected chi connectivity index (χ0v) is 12.1. The van der Waals surface area contributed by atoms with E-state index in [2.05, 4.69) is 0 Å². The van der Waals surface area contributed by atoms with E-state index in [1.807, 2.05) is 6.07 Å². The maximum absolute atomic E-state index is 11.7. The molecule has 2 aromatic carbocycles. The topological polar surface area (TPSA) is 72.8 Å². The SMILES string of the molecule is Cc1cccc(C(=O)O)c1OCCOC(=O)c1ccccc1. The van der Waals surface area contributed by atoms with Crippen molar-refractivity contribution in [1.29, 1.82) is 0 Å². The Kier molecular flexibility index (Phi) is 5.14. The molecule has 0 fully saturated rings. The fraction of sp³-hybridized carbons (Fsp3) is 0.176. The molecule has 0 aliphatic heterocycles. The minimum atomic E-state index is -1.06. The van der Waals surface area contributed by atoms with Crippen LogP contribution in [0.4, 0.5) is 0 Å². The maximum atomic E-state index is 11.7. The summed E-state index contributed by atoms with van der Waals surface area (Å²) in [5.74, 6) is -1.20. The molecule has 0 atom stereocenters. The van der Waals surface area contributed by atoms with E-state index in [9.17, 15) is 9.59 Å². The molecule has 114 valence electrons. The first-order chi connectivity index (χ1) is 10.6. The molecule has 5 heteroatoms. The first-order valence-electron chi connectivity index (χ1n) is 6.77. The van der Waals surface area contributed by atoms with Crippen molar-refractivity contribution in [2.75, 3.05) is 13.2 Å². The summed E-state index contributed by atoms with van der Waals surface area (Å²) in [6.07, 6.45) is 0. The molecule has 1 N–H and O–H groups in total. The van der Waals surface area contributed by atoms with E-state index in [1.165, 1.54) is 6.07 Å². The monoisotopic (exact) mass is 300 g/mol. The van der Waals surface area contributed by atoms with Gasteiger partial charge in [0.05, 0.1) is 5.56 Å². The van der Waals surface area contributed by atoms with Crippen molar-refractivity contribution in [1.82, 2.24) is 0 Å². The summed E-state index contributed by atoms with van der Waals surface area (Å²) in [5.41, 5.74) is 1.27. The number of hydrogen-bond donors (Lipinski definition) is 1. The number of ether oxygens (including phenoxy) is 2. The molecule has 0 aliphatic carbocycles. The van der Waals surface area contributed by atoms with Gasteiger partial charge in [0.15, 0.2) is 0 Å². The summed E-state index contributed by atoms with van der Waals surface area (Å²) < 4.78 is 10.5. The van der Waals surface area contributed by atoms with E-state index < -0.39 is 11.9 Å². The van der Waals surface area contributed by atoms with Crippen LogP contribution >= 0.6 is 0 Å². The lowest BCUT2D eigenvalue weighted by molar-refractivity contribution is 0.0446. The zero-order chi connectivity index (χ0) is 15.9. The van der Waals surface area contributed by atoms with Crippen molar-refractivity contribution in [3.8, 4) is 5.75 Å². The van der Waals surface area contributed by atoms with Crippen molar-refractivity contribution in [3.05, 3.63) is 65.2 Å². The van der Waals surface area contributed by atoms with E-state index in [1.54, 1.807) is 43.3 Å². The molecule has 0 saturated carbocycles. The second-order valence-corrected chi connectivity index (χ2v) is 4.61. The molecule has 2 aromatic rings. The number of aryl methyl sites for hydroxylation is 1. The van der Waals surface area contributed by atoms with Gasteiger partial charge in [-0.25, -0.2) is 9.59 Å². The molecule has 0 bridgehead atoms. The molecular weight excluding hydrogens is 284 g/mol. The molecule has 0 unspecified atom stereocenters. The third-order valence-corrected chi connectivity index (χ3v) is 3.01. The van der Waals surface area contributed by atoms with Crippen molar-refractivity contribution >= 4 is 11.9 Å². The predicted molar refractivity (Wildman–Crippen MR) is 80.4 cm³/mol. The zero-order valence-electron chi connectivity index (χ0n) is 12.1. The maximum Gasteiger partial charge on any atom is 0.339 e. The number of carboxylic acids is 1. The van der Waals surface area contributed by atoms with Gasteiger partial charge in [-0.2, -0.15) is 0 Å². The smallest absolute Gasteiger partial charge is 0.339 e. The number of rotatable bonds is 6. The van der Waals surface area contributed by atoms with Gasteiger partial charge in [0.25, 0.3) is 0 Å². The molecule has 0 aromatic heterocycles. The average molecular weight is 300 g/mol. The highest BCUT2D eigenvalue weighted by Crippen LogP contribution is 2.23. The first-order valence-corrected chi connectivity index (χ1v) is 6.77. The minimum absolute atomic E-state index is 0.0428. The fourth-order valence-electron chi connectivity index (χ4n) is 1.95. The molecule has 0 radical (unpaired) electrons. The number of carbonyl (C=O) groups is 2. The molecule has 0 amide bonds. The summed E-state index contributed by atoms with van der Waals surface area (Å²) in [5, 5.41) is 9.12. The molecule has 0 saturated heterocycles. The molecule has 0 spiro atoms. The molecule has 22 heavy (non-hydrogen) atoms. The predicted octanol–water partition coefficient (Wildman–Crippen LogP) is 2.93. The van der Waals surface area contributed by atoms with E-state index >= 15 is 0 Å². The second-order valence-electron chi connectivity index (χ2n) is 4.61. The van der Waals surface area contributed by atoms with Crippen LogP contribution in [0.15, 0.2) is 48.5 Å². The van der Waals surface area contributed by atoms with Gasteiger partial charge in [-0.3, -0.25) is 0 Å². The van der Waals surface area contributed by atoms with Crippen LogP contribution in [0, 0.1) is 6.92 Å².